The first-order valence-corrected chi connectivity index (χ1v) is 11.8. The van der Waals surface area contributed by atoms with Gasteiger partial charge < -0.3 is 0 Å². The first-order valence-electron chi connectivity index (χ1n) is 11.8. The van der Waals surface area contributed by atoms with Crippen molar-refractivity contribution < 1.29 is 0 Å². The maximum Gasteiger partial charge on any atom is 0.0702 e. The first kappa shape index (κ1) is 20.4. The normalized spacial score (nSPS) is 14.8. The third-order valence-electron chi connectivity index (χ3n) is 6.75. The van der Waals surface area contributed by atoms with Gasteiger partial charge in [-0.15, -0.1) is 0 Å². The van der Waals surface area contributed by atoms with E-state index < -0.39 is 0 Å². The zero-order valence-electron chi connectivity index (χ0n) is 19.1. The van der Waals surface area contributed by atoms with Crippen molar-refractivity contribution in [2.45, 2.75) is 12.8 Å². The standard InChI is InChI=1S/C33H25N/c1-23-12-10-19-28-30(23)32(24-13-4-2-5-14-24)33(25-15-6-3-7-16-25)31(28)27-18-11-17-26(22-27)29-20-8-9-21-34-29/h2-22,31H,1H3. The summed E-state index contributed by atoms with van der Waals surface area (Å²) in [6.45, 7) is 2.23. The van der Waals surface area contributed by atoms with E-state index in [2.05, 4.69) is 121 Å². The molecule has 0 aliphatic heterocycles. The summed E-state index contributed by atoms with van der Waals surface area (Å²) in [6, 6.07) is 43.4. The molecule has 0 fully saturated rings. The van der Waals surface area contributed by atoms with Crippen LogP contribution in [0, 0.1) is 6.92 Å². The van der Waals surface area contributed by atoms with E-state index in [0.717, 1.165) is 11.3 Å². The van der Waals surface area contributed by atoms with E-state index in [1.54, 1.807) is 0 Å². The Morgan fingerprint density at radius 2 is 1.26 bits per heavy atom. The number of nitrogens with zero attached hydrogens (tertiary/aromatic N) is 1. The summed E-state index contributed by atoms with van der Waals surface area (Å²) in [6.07, 6.45) is 1.86. The second-order valence-electron chi connectivity index (χ2n) is 8.83. The molecule has 1 aliphatic rings. The Kier molecular flexibility index (Phi) is 5.16. The Labute approximate surface area is 201 Å². The lowest BCUT2D eigenvalue weighted by atomic mass is 9.83. The SMILES string of the molecule is Cc1cccc2c1C(c1ccccc1)=C(c1ccccc1)C2c1cccc(-c2ccccn2)c1. The third kappa shape index (κ3) is 3.47. The topological polar surface area (TPSA) is 12.9 Å². The van der Waals surface area contributed by atoms with Crippen molar-refractivity contribution >= 4 is 11.1 Å². The van der Waals surface area contributed by atoms with E-state index >= 15 is 0 Å². The molecule has 1 nitrogen and oxygen atoms in total. The van der Waals surface area contributed by atoms with Crippen LogP contribution in [0.5, 0.6) is 0 Å². The molecule has 1 atom stereocenters. The van der Waals surface area contributed by atoms with Crippen LogP contribution in [-0.4, -0.2) is 4.98 Å². The molecule has 1 unspecified atom stereocenters. The maximum absolute atomic E-state index is 4.60. The van der Waals surface area contributed by atoms with Gasteiger partial charge in [-0.25, -0.2) is 0 Å². The quantitative estimate of drug-likeness (QED) is 0.277. The van der Waals surface area contributed by atoms with Crippen molar-refractivity contribution in [3.8, 4) is 11.3 Å². The second kappa shape index (κ2) is 8.61. The molecule has 0 bridgehead atoms. The molecule has 162 valence electrons. The molecular formula is C33H25N. The monoisotopic (exact) mass is 435 g/mol. The number of benzene rings is 4. The first-order chi connectivity index (χ1) is 16.8. The fourth-order valence-electron chi connectivity index (χ4n) is 5.30. The maximum atomic E-state index is 4.60. The highest BCUT2D eigenvalue weighted by molar-refractivity contribution is 6.07. The molecule has 0 N–H and O–H groups in total. The van der Waals surface area contributed by atoms with Gasteiger partial charge in [-0.05, 0) is 69.6 Å². The summed E-state index contributed by atoms with van der Waals surface area (Å²) >= 11 is 0. The second-order valence-corrected chi connectivity index (χ2v) is 8.83. The molecule has 1 heterocycles. The van der Waals surface area contributed by atoms with Gasteiger partial charge in [-0.3, -0.25) is 4.98 Å². The lowest BCUT2D eigenvalue weighted by molar-refractivity contribution is 1.06. The van der Waals surface area contributed by atoms with Crippen molar-refractivity contribution in [2.75, 3.05) is 0 Å². The van der Waals surface area contributed by atoms with Gasteiger partial charge in [-0.1, -0.05) is 103 Å². The Bertz CT molecular complexity index is 1480. The van der Waals surface area contributed by atoms with Gasteiger partial charge in [-0.2, -0.15) is 0 Å². The molecule has 0 radical (unpaired) electrons. The van der Waals surface area contributed by atoms with E-state index in [4.69, 9.17) is 0 Å². The minimum Gasteiger partial charge on any atom is -0.256 e. The third-order valence-corrected chi connectivity index (χ3v) is 6.75. The average molecular weight is 436 g/mol. The molecule has 5 aromatic rings. The van der Waals surface area contributed by atoms with E-state index in [9.17, 15) is 0 Å². The lowest BCUT2D eigenvalue weighted by Crippen LogP contribution is -2.02. The number of fused-ring (bicyclic) bond motifs is 1. The van der Waals surface area contributed by atoms with Crippen molar-refractivity contribution in [3.63, 3.8) is 0 Å². The highest BCUT2D eigenvalue weighted by Gasteiger charge is 2.34. The summed E-state index contributed by atoms with van der Waals surface area (Å²) in [5, 5.41) is 0. The molecule has 0 saturated heterocycles. The summed E-state index contributed by atoms with van der Waals surface area (Å²) in [5.41, 5.74) is 12.7. The van der Waals surface area contributed by atoms with Gasteiger partial charge in [0, 0.05) is 17.7 Å². The highest BCUT2D eigenvalue weighted by atomic mass is 14.7. The lowest BCUT2D eigenvalue weighted by Gasteiger charge is -2.19. The summed E-state index contributed by atoms with van der Waals surface area (Å²) in [5.74, 6) is 0.149. The van der Waals surface area contributed by atoms with Crippen LogP contribution in [0.3, 0.4) is 0 Å². The Hall–Kier alpha value is -4.23. The number of aryl methyl sites for hydroxylation is 1. The number of hydrogen-bond acceptors (Lipinski definition) is 1. The van der Waals surface area contributed by atoms with Crippen molar-refractivity contribution in [1.29, 1.82) is 0 Å². The van der Waals surface area contributed by atoms with Crippen LogP contribution in [0.2, 0.25) is 0 Å². The van der Waals surface area contributed by atoms with Gasteiger partial charge in [0.2, 0.25) is 0 Å². The predicted molar refractivity (Wildman–Crippen MR) is 141 cm³/mol. The minimum atomic E-state index is 0.149. The smallest absolute Gasteiger partial charge is 0.0702 e. The zero-order valence-corrected chi connectivity index (χ0v) is 19.1. The minimum absolute atomic E-state index is 0.149. The van der Waals surface area contributed by atoms with Crippen LogP contribution in [-0.2, 0) is 0 Å². The van der Waals surface area contributed by atoms with Crippen LogP contribution in [0.15, 0.2) is 128 Å². The Balaban J connectivity index is 1.65. The highest BCUT2D eigenvalue weighted by Crippen LogP contribution is 2.53. The van der Waals surface area contributed by atoms with Crippen LogP contribution < -0.4 is 0 Å². The fourth-order valence-corrected chi connectivity index (χ4v) is 5.30. The van der Waals surface area contributed by atoms with Crippen molar-refractivity contribution in [3.05, 3.63) is 161 Å². The van der Waals surface area contributed by atoms with Gasteiger partial charge in [0.05, 0.1) is 5.69 Å². The molecule has 4 aromatic carbocycles. The van der Waals surface area contributed by atoms with Crippen molar-refractivity contribution in [2.24, 2.45) is 0 Å². The van der Waals surface area contributed by atoms with Gasteiger partial charge in [0.25, 0.3) is 0 Å². The number of allylic oxidation sites excluding steroid dienone is 1. The Morgan fingerprint density at radius 1 is 0.588 bits per heavy atom. The van der Waals surface area contributed by atoms with Crippen LogP contribution in [0.1, 0.15) is 39.3 Å². The van der Waals surface area contributed by atoms with Crippen LogP contribution in [0.25, 0.3) is 22.4 Å². The van der Waals surface area contributed by atoms with E-state index in [0.29, 0.717) is 0 Å². The van der Waals surface area contributed by atoms with E-state index in [1.807, 2.05) is 18.3 Å². The van der Waals surface area contributed by atoms with Gasteiger partial charge in [0.15, 0.2) is 0 Å². The van der Waals surface area contributed by atoms with Gasteiger partial charge in [0.1, 0.15) is 0 Å². The molecule has 1 heteroatoms. The number of aromatic nitrogens is 1. The summed E-state index contributed by atoms with van der Waals surface area (Å²) in [7, 11) is 0. The van der Waals surface area contributed by atoms with E-state index in [-0.39, 0.29) is 5.92 Å². The molecule has 6 rings (SSSR count). The van der Waals surface area contributed by atoms with Crippen molar-refractivity contribution in [1.82, 2.24) is 4.98 Å². The molecule has 0 amide bonds. The zero-order chi connectivity index (χ0) is 22.9. The molecule has 1 aromatic heterocycles. The number of rotatable bonds is 4. The average Bonchev–Trinajstić information content (AvgIpc) is 3.27. The number of pyridine rings is 1. The molecule has 1 aliphatic carbocycles. The fraction of sp³-hybridized carbons (Fsp3) is 0.0606. The van der Waals surface area contributed by atoms with Crippen LogP contribution >= 0.6 is 0 Å². The summed E-state index contributed by atoms with van der Waals surface area (Å²) < 4.78 is 0. The molecular weight excluding hydrogens is 410 g/mol. The summed E-state index contributed by atoms with van der Waals surface area (Å²) in [4.78, 5) is 4.60. The van der Waals surface area contributed by atoms with E-state index in [1.165, 1.54) is 44.5 Å². The van der Waals surface area contributed by atoms with Gasteiger partial charge >= 0.3 is 0 Å². The largest absolute Gasteiger partial charge is 0.256 e. The Morgan fingerprint density at radius 3 is 2.00 bits per heavy atom. The van der Waals surface area contributed by atoms with Crippen LogP contribution in [0.4, 0.5) is 0 Å². The number of hydrogen-bond donors (Lipinski definition) is 0. The molecule has 34 heavy (non-hydrogen) atoms. The molecule has 0 saturated carbocycles. The predicted octanol–water partition coefficient (Wildman–Crippen LogP) is 8.16. The molecule has 0 spiro atoms.